The molecule has 30 heavy (non-hydrogen) atoms. The van der Waals surface area contributed by atoms with Gasteiger partial charge in [0.2, 0.25) is 0 Å². The van der Waals surface area contributed by atoms with Gasteiger partial charge in [-0.3, -0.25) is 0 Å². The minimum Gasteiger partial charge on any atom is -0.497 e. The van der Waals surface area contributed by atoms with Crippen LogP contribution >= 0.6 is 11.8 Å². The summed E-state index contributed by atoms with van der Waals surface area (Å²) in [6.45, 7) is 0. The van der Waals surface area contributed by atoms with Crippen LogP contribution in [-0.4, -0.2) is 41.4 Å². The first-order chi connectivity index (χ1) is 14.6. The lowest BCUT2D eigenvalue weighted by molar-refractivity contribution is 0.0594. The van der Waals surface area contributed by atoms with Gasteiger partial charge in [0, 0.05) is 11.1 Å². The maximum atomic E-state index is 12.4. The lowest BCUT2D eigenvalue weighted by Crippen LogP contribution is -2.07. The van der Waals surface area contributed by atoms with E-state index in [0.29, 0.717) is 21.9 Å². The highest BCUT2D eigenvalue weighted by Gasteiger charge is 2.19. The van der Waals surface area contributed by atoms with Gasteiger partial charge in [-0.25, -0.2) is 19.7 Å². The van der Waals surface area contributed by atoms with E-state index in [9.17, 15) is 4.79 Å². The van der Waals surface area contributed by atoms with Crippen molar-refractivity contribution in [2.75, 3.05) is 20.5 Å². The molecule has 2 heterocycles. The third kappa shape index (κ3) is 3.71. The fraction of sp³-hybridized carbons (Fsp3) is 0.130. The molecule has 0 fully saturated rings. The van der Waals surface area contributed by atoms with Gasteiger partial charge in [0.05, 0.1) is 14.2 Å². The molecule has 0 saturated heterocycles. The molecule has 0 amide bonds. The number of nitrogens with zero attached hydrogens (tertiary/aromatic N) is 3. The number of aromatic nitrogens is 3. The van der Waals surface area contributed by atoms with Gasteiger partial charge in [0.25, 0.3) is 0 Å². The zero-order valence-electron chi connectivity index (χ0n) is 16.7. The average molecular weight is 417 g/mol. The predicted molar refractivity (Wildman–Crippen MR) is 118 cm³/mol. The minimum atomic E-state index is -0.514. The molecular weight excluding hydrogens is 398 g/mol. The number of methoxy groups -OCH3 is 2. The fourth-order valence-corrected chi connectivity index (χ4v) is 3.54. The number of hydrogen-bond acceptors (Lipinski definition) is 7. The quantitative estimate of drug-likeness (QED) is 0.260. The Hall–Kier alpha value is -3.45. The lowest BCUT2D eigenvalue weighted by Gasteiger charge is -2.13. The minimum absolute atomic E-state index is 0.202. The second kappa shape index (κ2) is 8.51. The molecule has 0 aliphatic heterocycles. The second-order valence-electron chi connectivity index (χ2n) is 6.40. The van der Waals surface area contributed by atoms with Crippen LogP contribution < -0.4 is 4.74 Å². The van der Waals surface area contributed by atoms with Gasteiger partial charge in [0.1, 0.15) is 28.2 Å². The highest BCUT2D eigenvalue weighted by molar-refractivity contribution is 7.98. The number of thioether (sulfide) groups is 1. The largest absolute Gasteiger partial charge is 0.497 e. The van der Waals surface area contributed by atoms with Crippen LogP contribution in [0.5, 0.6) is 5.75 Å². The number of ether oxygens (including phenoxy) is 2. The summed E-state index contributed by atoms with van der Waals surface area (Å²) < 4.78 is 10.2. The van der Waals surface area contributed by atoms with Crippen LogP contribution in [0.4, 0.5) is 0 Å². The van der Waals surface area contributed by atoms with Crippen molar-refractivity contribution < 1.29 is 14.3 Å². The second-order valence-corrected chi connectivity index (χ2v) is 7.17. The Kier molecular flexibility index (Phi) is 5.63. The molecule has 0 radical (unpaired) electrons. The molecule has 0 spiro atoms. The van der Waals surface area contributed by atoms with Crippen LogP contribution in [-0.2, 0) is 4.74 Å². The first-order valence-electron chi connectivity index (χ1n) is 9.19. The van der Waals surface area contributed by atoms with Gasteiger partial charge >= 0.3 is 5.97 Å². The third-order valence-electron chi connectivity index (χ3n) is 4.66. The van der Waals surface area contributed by atoms with E-state index in [1.54, 1.807) is 13.2 Å². The van der Waals surface area contributed by atoms with Crippen LogP contribution in [0, 0.1) is 0 Å². The van der Waals surface area contributed by atoms with Crippen LogP contribution in [0.1, 0.15) is 10.5 Å². The van der Waals surface area contributed by atoms with E-state index in [-0.39, 0.29) is 5.69 Å². The number of rotatable bonds is 5. The Labute approximate surface area is 178 Å². The van der Waals surface area contributed by atoms with Gasteiger partial charge in [-0.15, -0.1) is 0 Å². The molecule has 2 aromatic heterocycles. The van der Waals surface area contributed by atoms with Crippen molar-refractivity contribution in [3.8, 4) is 28.1 Å². The topological polar surface area (TPSA) is 74.2 Å². The Bertz CT molecular complexity index is 1210. The maximum absolute atomic E-state index is 12.4. The van der Waals surface area contributed by atoms with E-state index in [1.807, 2.05) is 60.9 Å². The van der Waals surface area contributed by atoms with Crippen molar-refractivity contribution in [1.29, 1.82) is 0 Å². The third-order valence-corrected chi connectivity index (χ3v) is 5.21. The molecule has 0 saturated carbocycles. The van der Waals surface area contributed by atoms with Crippen LogP contribution in [0.15, 0.2) is 65.8 Å². The molecule has 6 nitrogen and oxygen atoms in total. The average Bonchev–Trinajstić information content (AvgIpc) is 2.82. The Morgan fingerprint density at radius 2 is 1.60 bits per heavy atom. The molecular formula is C23H19N3O3S. The number of carbonyl (C=O) groups is 1. The summed E-state index contributed by atoms with van der Waals surface area (Å²) in [5, 5.41) is 0.628. The number of pyridine rings is 1. The molecule has 0 atom stereocenters. The number of hydrogen-bond donors (Lipinski definition) is 0. The summed E-state index contributed by atoms with van der Waals surface area (Å²) >= 11 is 1.46. The number of carbonyl (C=O) groups excluding carboxylic acids is 1. The normalized spacial score (nSPS) is 10.8. The zero-order valence-corrected chi connectivity index (χ0v) is 17.6. The lowest BCUT2D eigenvalue weighted by atomic mass is 10.0. The molecule has 7 heteroatoms. The van der Waals surface area contributed by atoms with Crippen LogP contribution in [0.2, 0.25) is 0 Å². The van der Waals surface area contributed by atoms with Crippen molar-refractivity contribution in [1.82, 2.24) is 15.0 Å². The van der Waals surface area contributed by atoms with E-state index in [4.69, 9.17) is 19.4 Å². The van der Waals surface area contributed by atoms with Gasteiger partial charge in [-0.1, -0.05) is 54.2 Å². The van der Waals surface area contributed by atoms with E-state index < -0.39 is 5.97 Å². The summed E-state index contributed by atoms with van der Waals surface area (Å²) in [5.41, 5.74) is 4.66. The summed E-state index contributed by atoms with van der Waals surface area (Å²) in [6.07, 6.45) is 1.93. The SMILES string of the molecule is COC(=O)c1cc(-c2ccc(OC)cc2)c2nc(SC)nc(-c3ccccc3)c2n1. The van der Waals surface area contributed by atoms with Crippen LogP contribution in [0.25, 0.3) is 33.4 Å². The maximum Gasteiger partial charge on any atom is 0.356 e. The van der Waals surface area contributed by atoms with Crippen molar-refractivity contribution >= 4 is 28.8 Å². The Balaban J connectivity index is 2.07. The predicted octanol–water partition coefficient (Wildman–Crippen LogP) is 4.88. The van der Waals surface area contributed by atoms with E-state index in [1.165, 1.54) is 18.9 Å². The van der Waals surface area contributed by atoms with E-state index in [2.05, 4.69) is 4.98 Å². The highest BCUT2D eigenvalue weighted by Crippen LogP contribution is 2.34. The first-order valence-corrected chi connectivity index (χ1v) is 10.4. The van der Waals surface area contributed by atoms with Crippen molar-refractivity contribution in [2.24, 2.45) is 0 Å². The summed E-state index contributed by atoms with van der Waals surface area (Å²) in [4.78, 5) is 26.4. The van der Waals surface area contributed by atoms with Crippen molar-refractivity contribution in [3.05, 3.63) is 66.4 Å². The van der Waals surface area contributed by atoms with Gasteiger partial charge in [-0.05, 0) is 30.0 Å². The molecule has 4 rings (SSSR count). The standard InChI is InChI=1S/C23H19N3O3S/c1-28-16-11-9-14(10-12-16)17-13-18(22(27)29-2)24-21-19(15-7-5-4-6-8-15)25-23(30-3)26-20(17)21/h4-13H,1-3H3. The van der Waals surface area contributed by atoms with Gasteiger partial charge in [0.15, 0.2) is 5.16 Å². The van der Waals surface area contributed by atoms with Crippen molar-refractivity contribution in [3.63, 3.8) is 0 Å². The van der Waals surface area contributed by atoms with E-state index >= 15 is 0 Å². The van der Waals surface area contributed by atoms with Crippen LogP contribution in [0.3, 0.4) is 0 Å². The number of fused-ring (bicyclic) bond motifs is 1. The number of esters is 1. The molecule has 150 valence electrons. The smallest absolute Gasteiger partial charge is 0.356 e. The van der Waals surface area contributed by atoms with Crippen molar-refractivity contribution in [2.45, 2.75) is 5.16 Å². The monoisotopic (exact) mass is 417 g/mol. The first kappa shape index (κ1) is 19.8. The van der Waals surface area contributed by atoms with Gasteiger partial charge < -0.3 is 9.47 Å². The number of benzene rings is 2. The van der Waals surface area contributed by atoms with Gasteiger partial charge in [-0.2, -0.15) is 0 Å². The molecule has 0 bridgehead atoms. The Morgan fingerprint density at radius 3 is 2.23 bits per heavy atom. The highest BCUT2D eigenvalue weighted by atomic mass is 32.2. The summed E-state index contributed by atoms with van der Waals surface area (Å²) in [7, 11) is 2.96. The molecule has 0 aliphatic carbocycles. The summed E-state index contributed by atoms with van der Waals surface area (Å²) in [6, 6.07) is 19.1. The fourth-order valence-electron chi connectivity index (χ4n) is 3.17. The Morgan fingerprint density at radius 1 is 0.867 bits per heavy atom. The molecule has 4 aromatic rings. The molecule has 2 aromatic carbocycles. The molecule has 0 unspecified atom stereocenters. The zero-order chi connectivity index (χ0) is 21.1. The molecule has 0 N–H and O–H groups in total. The van der Waals surface area contributed by atoms with E-state index in [0.717, 1.165) is 22.4 Å². The summed E-state index contributed by atoms with van der Waals surface area (Å²) in [5.74, 6) is 0.231. The molecule has 0 aliphatic rings.